The lowest BCUT2D eigenvalue weighted by Gasteiger charge is -2.29. The molecule has 0 aromatic rings. The summed E-state index contributed by atoms with van der Waals surface area (Å²) in [5.74, 6) is -5.22. The van der Waals surface area contributed by atoms with Crippen LogP contribution in [0.5, 0.6) is 0 Å². The molecule has 23 heavy (non-hydrogen) atoms. The van der Waals surface area contributed by atoms with Crippen LogP contribution < -0.4 is 5.50 Å². The number of hydrogen-bond acceptors (Lipinski definition) is 11. The van der Waals surface area contributed by atoms with Gasteiger partial charge in [-0.15, -0.1) is 0 Å². The van der Waals surface area contributed by atoms with Crippen molar-refractivity contribution >= 4 is 7.75 Å². The number of nitrogens with two attached hydrogens (primary N) is 1. The van der Waals surface area contributed by atoms with Gasteiger partial charge in [0.2, 0.25) is 0 Å². The van der Waals surface area contributed by atoms with Crippen LogP contribution in [0, 0.1) is 0 Å². The maximum atomic E-state index is 12.1. The Bertz CT molecular complexity index is 442. The highest BCUT2D eigenvalue weighted by Gasteiger charge is 2.54. The van der Waals surface area contributed by atoms with Crippen LogP contribution in [-0.2, 0) is 23.1 Å². The van der Waals surface area contributed by atoms with E-state index in [2.05, 4.69) is 9.05 Å². The Kier molecular flexibility index (Phi) is 5.48. The molecule has 136 valence electrons. The third kappa shape index (κ3) is 4.45. The highest BCUT2D eigenvalue weighted by molar-refractivity contribution is 7.51. The highest BCUT2D eigenvalue weighted by Crippen LogP contribution is 2.51. The summed E-state index contributed by atoms with van der Waals surface area (Å²) in [7, 11) is -4.68. The summed E-state index contributed by atoms with van der Waals surface area (Å²) in [5, 5.41) is 56.8. The zero-order valence-corrected chi connectivity index (χ0v) is 12.8. The Hall–Kier alpha value is -0.210. The fraction of sp³-hybridized carbons (Fsp3) is 1.00. The third-order valence-electron chi connectivity index (χ3n) is 3.36. The van der Waals surface area contributed by atoms with Crippen LogP contribution in [0.2, 0.25) is 0 Å². The number of aliphatic hydroxyl groups is 6. The predicted octanol–water partition coefficient (Wildman–Crippen LogP) is -3.34. The lowest BCUT2D eigenvalue weighted by Crippen LogP contribution is -2.37. The van der Waals surface area contributed by atoms with Crippen LogP contribution in [0.1, 0.15) is 12.8 Å². The Morgan fingerprint density at radius 3 is 1.61 bits per heavy atom. The van der Waals surface area contributed by atoms with Gasteiger partial charge in [0, 0.05) is 0 Å². The van der Waals surface area contributed by atoms with Crippen LogP contribution in [0.4, 0.5) is 0 Å². The van der Waals surface area contributed by atoms with Crippen molar-refractivity contribution in [2.24, 2.45) is 5.50 Å². The summed E-state index contributed by atoms with van der Waals surface area (Å²) in [5.41, 5.74) is 5.25. The van der Waals surface area contributed by atoms with Gasteiger partial charge in [-0.1, -0.05) is 0 Å². The van der Waals surface area contributed by atoms with Crippen LogP contribution in [0.15, 0.2) is 0 Å². The number of hydrogen-bond donors (Lipinski definition) is 7. The average Bonchev–Trinajstić information content (AvgIpc) is 2.83. The van der Waals surface area contributed by atoms with Gasteiger partial charge < -0.3 is 40.1 Å². The zero-order valence-electron chi connectivity index (χ0n) is 11.9. The van der Waals surface area contributed by atoms with Crippen molar-refractivity contribution < 1.29 is 53.7 Å². The molecule has 0 unspecified atom stereocenters. The Balaban J connectivity index is 2.01. The number of rotatable bonds is 6. The first-order valence-corrected chi connectivity index (χ1v) is 8.31. The number of aliphatic hydroxyl groups excluding tert-OH is 4. The molecule has 6 atom stereocenters. The van der Waals surface area contributed by atoms with Gasteiger partial charge in [0.15, 0.2) is 0 Å². The molecule has 0 aromatic carbocycles. The molecule has 2 saturated heterocycles. The maximum absolute atomic E-state index is 12.1. The molecule has 12 nitrogen and oxygen atoms in total. The normalized spacial score (nSPS) is 44.8. The van der Waals surface area contributed by atoms with E-state index in [1.807, 2.05) is 0 Å². The molecular weight excluding hydrogens is 341 g/mol. The maximum Gasteiger partial charge on any atom is 0.411 e. The van der Waals surface area contributed by atoms with E-state index < -0.39 is 70.2 Å². The fourth-order valence-electron chi connectivity index (χ4n) is 2.37. The molecule has 2 rings (SSSR count). The van der Waals surface area contributed by atoms with E-state index in [0.717, 1.165) is 0 Å². The van der Waals surface area contributed by atoms with E-state index in [1.165, 1.54) is 0 Å². The molecule has 0 amide bonds. The van der Waals surface area contributed by atoms with E-state index in [0.29, 0.717) is 0 Å². The SMILES string of the molecule is NP(=O)(O[C@]1(O)C[C@H](O)[C@@H](CO)O1)O[C@]1(O)C[C@H](O)[C@@H](CO)O1. The minimum Gasteiger partial charge on any atom is -0.394 e. The van der Waals surface area contributed by atoms with Gasteiger partial charge in [-0.2, -0.15) is 0 Å². The van der Waals surface area contributed by atoms with Gasteiger partial charge >= 0.3 is 7.75 Å². The largest absolute Gasteiger partial charge is 0.411 e. The zero-order chi connectivity index (χ0) is 17.5. The van der Waals surface area contributed by atoms with Crippen molar-refractivity contribution in [1.82, 2.24) is 0 Å². The summed E-state index contributed by atoms with van der Waals surface area (Å²) >= 11 is 0. The lowest BCUT2D eigenvalue weighted by atomic mass is 10.2. The van der Waals surface area contributed by atoms with Crippen molar-refractivity contribution in [3.05, 3.63) is 0 Å². The molecule has 0 spiro atoms. The van der Waals surface area contributed by atoms with Crippen molar-refractivity contribution in [2.45, 2.75) is 49.2 Å². The molecule has 0 saturated carbocycles. The van der Waals surface area contributed by atoms with E-state index in [9.17, 15) is 25.0 Å². The van der Waals surface area contributed by atoms with Gasteiger partial charge in [-0.05, 0) is 0 Å². The lowest BCUT2D eigenvalue weighted by molar-refractivity contribution is -0.337. The molecule has 2 aliphatic rings. The summed E-state index contributed by atoms with van der Waals surface area (Å²) < 4.78 is 30.9. The van der Waals surface area contributed by atoms with Crippen LogP contribution >= 0.6 is 7.75 Å². The van der Waals surface area contributed by atoms with Crippen molar-refractivity contribution in [2.75, 3.05) is 13.2 Å². The molecule has 13 heteroatoms. The monoisotopic (exact) mass is 361 g/mol. The van der Waals surface area contributed by atoms with Crippen molar-refractivity contribution in [3.63, 3.8) is 0 Å². The quantitative estimate of drug-likeness (QED) is 0.183. The summed E-state index contributed by atoms with van der Waals surface area (Å²) in [6, 6.07) is 0. The Morgan fingerprint density at radius 2 is 1.35 bits per heavy atom. The summed E-state index contributed by atoms with van der Waals surface area (Å²) in [6.07, 6.45) is -6.15. The Morgan fingerprint density at radius 1 is 1.00 bits per heavy atom. The molecule has 0 radical (unpaired) electrons. The van der Waals surface area contributed by atoms with Crippen LogP contribution in [-0.4, -0.2) is 80.2 Å². The van der Waals surface area contributed by atoms with Gasteiger partial charge in [0.05, 0.1) is 38.3 Å². The first-order valence-electron chi connectivity index (χ1n) is 6.70. The second-order valence-electron chi connectivity index (χ2n) is 5.37. The molecule has 0 aromatic heterocycles. The van der Waals surface area contributed by atoms with Gasteiger partial charge in [-0.3, -0.25) is 0 Å². The van der Waals surface area contributed by atoms with Crippen molar-refractivity contribution in [1.29, 1.82) is 0 Å². The van der Waals surface area contributed by atoms with E-state index in [-0.39, 0.29) is 0 Å². The van der Waals surface area contributed by atoms with E-state index in [1.54, 1.807) is 0 Å². The molecule has 2 heterocycles. The van der Waals surface area contributed by atoms with E-state index in [4.69, 9.17) is 25.2 Å². The van der Waals surface area contributed by atoms with Gasteiger partial charge in [0.1, 0.15) is 12.2 Å². The first kappa shape index (κ1) is 19.1. The molecule has 2 aliphatic heterocycles. The number of ether oxygens (including phenoxy) is 2. The molecule has 2 fully saturated rings. The third-order valence-corrected chi connectivity index (χ3v) is 4.44. The first-order chi connectivity index (χ1) is 10.5. The molecular formula is C10H20NO11P. The Labute approximate surface area is 130 Å². The predicted molar refractivity (Wildman–Crippen MR) is 69.0 cm³/mol. The highest BCUT2D eigenvalue weighted by atomic mass is 31.2. The fourth-order valence-corrected chi connectivity index (χ4v) is 3.44. The topological polar surface area (TPSA) is 201 Å². The average molecular weight is 361 g/mol. The molecule has 0 aliphatic carbocycles. The van der Waals surface area contributed by atoms with Gasteiger partial charge in [-0.25, -0.2) is 19.1 Å². The molecule has 0 bridgehead atoms. The standard InChI is InChI=1S/C10H20NO11P/c11-23(18,21-9(16)1-5(14)7(3-12)19-9)22-10(17)2-6(15)8(4-13)20-10/h5-8,12-17H,1-4H2,(H2,11,18)/t5-,6-,7+,8+,9-,10-/m0/s1. The molecule has 8 N–H and O–H groups in total. The van der Waals surface area contributed by atoms with Crippen LogP contribution in [0.25, 0.3) is 0 Å². The van der Waals surface area contributed by atoms with Crippen molar-refractivity contribution in [3.8, 4) is 0 Å². The summed E-state index contributed by atoms with van der Waals surface area (Å²) in [4.78, 5) is 0. The van der Waals surface area contributed by atoms with E-state index >= 15 is 0 Å². The second kappa shape index (κ2) is 6.59. The smallest absolute Gasteiger partial charge is 0.394 e. The summed E-state index contributed by atoms with van der Waals surface area (Å²) in [6.45, 7) is -1.28. The second-order valence-corrected chi connectivity index (χ2v) is 6.81. The minimum atomic E-state index is -4.68. The van der Waals surface area contributed by atoms with Gasteiger partial charge in [0.25, 0.3) is 11.9 Å². The minimum absolute atomic E-state index is 0.579. The van der Waals surface area contributed by atoms with Crippen LogP contribution in [0.3, 0.4) is 0 Å².